The summed E-state index contributed by atoms with van der Waals surface area (Å²) in [5.74, 6) is 1.62. The molecule has 1 aromatic carbocycles. The molecule has 0 amide bonds. The van der Waals surface area contributed by atoms with Crippen LogP contribution in [0.3, 0.4) is 0 Å². The van der Waals surface area contributed by atoms with E-state index in [4.69, 9.17) is 5.73 Å². The lowest BCUT2D eigenvalue weighted by atomic mass is 9.77. The number of anilines is 1. The molecule has 1 aliphatic heterocycles. The van der Waals surface area contributed by atoms with Crippen LogP contribution in [0.1, 0.15) is 44.9 Å². The maximum Gasteiger partial charge on any atom is 0.0367 e. The molecule has 2 nitrogen and oxygen atoms in total. The summed E-state index contributed by atoms with van der Waals surface area (Å²) in [5, 5.41) is 0. The SMILES string of the molecule is N[C@@H]1CCCC[C@H]1C[C@H]1CCCN(c2ccc(I)cc2)C1. The molecule has 3 heteroatoms. The fourth-order valence-corrected chi connectivity index (χ4v) is 4.46. The predicted molar refractivity (Wildman–Crippen MR) is 98.6 cm³/mol. The average molecular weight is 398 g/mol. The molecule has 1 aromatic rings. The summed E-state index contributed by atoms with van der Waals surface area (Å²) in [6.45, 7) is 2.44. The van der Waals surface area contributed by atoms with Crippen LogP contribution in [0, 0.1) is 15.4 Å². The molecule has 1 heterocycles. The van der Waals surface area contributed by atoms with E-state index in [0.717, 1.165) is 11.8 Å². The molecule has 2 fully saturated rings. The van der Waals surface area contributed by atoms with Gasteiger partial charge in [-0.2, -0.15) is 0 Å². The Hall–Kier alpha value is -0.290. The van der Waals surface area contributed by atoms with E-state index >= 15 is 0 Å². The van der Waals surface area contributed by atoms with Gasteiger partial charge in [0.05, 0.1) is 0 Å². The molecule has 2 aliphatic rings. The molecule has 0 unspecified atom stereocenters. The summed E-state index contributed by atoms with van der Waals surface area (Å²) < 4.78 is 1.32. The van der Waals surface area contributed by atoms with Crippen molar-refractivity contribution in [2.75, 3.05) is 18.0 Å². The number of rotatable bonds is 3. The Morgan fingerprint density at radius 3 is 2.57 bits per heavy atom. The van der Waals surface area contributed by atoms with Gasteiger partial charge in [0.25, 0.3) is 0 Å². The Morgan fingerprint density at radius 2 is 1.81 bits per heavy atom. The lowest BCUT2D eigenvalue weighted by molar-refractivity contribution is 0.237. The number of hydrogen-bond acceptors (Lipinski definition) is 2. The molecule has 3 atom stereocenters. The maximum atomic E-state index is 6.34. The van der Waals surface area contributed by atoms with Crippen molar-refractivity contribution in [3.8, 4) is 0 Å². The van der Waals surface area contributed by atoms with Gasteiger partial charge in [-0.05, 0) is 90.8 Å². The number of nitrogens with two attached hydrogens (primary N) is 1. The third-order valence-electron chi connectivity index (χ3n) is 5.31. The van der Waals surface area contributed by atoms with Crippen LogP contribution in [0.25, 0.3) is 0 Å². The van der Waals surface area contributed by atoms with Crippen molar-refractivity contribution in [2.45, 2.75) is 51.0 Å². The molecule has 1 saturated heterocycles. The van der Waals surface area contributed by atoms with Crippen LogP contribution in [-0.2, 0) is 0 Å². The van der Waals surface area contributed by atoms with E-state index < -0.39 is 0 Å². The smallest absolute Gasteiger partial charge is 0.0367 e. The number of benzene rings is 1. The second-order valence-corrected chi connectivity index (χ2v) is 8.12. The van der Waals surface area contributed by atoms with E-state index in [9.17, 15) is 0 Å². The third-order valence-corrected chi connectivity index (χ3v) is 6.03. The average Bonchev–Trinajstić information content (AvgIpc) is 2.51. The van der Waals surface area contributed by atoms with E-state index in [-0.39, 0.29) is 0 Å². The highest BCUT2D eigenvalue weighted by molar-refractivity contribution is 14.1. The quantitative estimate of drug-likeness (QED) is 0.764. The van der Waals surface area contributed by atoms with Crippen molar-refractivity contribution in [3.63, 3.8) is 0 Å². The van der Waals surface area contributed by atoms with Crippen molar-refractivity contribution >= 4 is 28.3 Å². The Balaban J connectivity index is 1.59. The third kappa shape index (κ3) is 4.13. The van der Waals surface area contributed by atoms with E-state index in [1.54, 1.807) is 0 Å². The van der Waals surface area contributed by atoms with Gasteiger partial charge in [-0.1, -0.05) is 12.8 Å². The summed E-state index contributed by atoms with van der Waals surface area (Å²) in [4.78, 5) is 2.58. The Bertz CT molecular complexity index is 445. The Morgan fingerprint density at radius 1 is 1.05 bits per heavy atom. The number of piperidine rings is 1. The highest BCUT2D eigenvalue weighted by atomic mass is 127. The van der Waals surface area contributed by atoms with Crippen LogP contribution < -0.4 is 10.6 Å². The lowest BCUT2D eigenvalue weighted by Gasteiger charge is -2.38. The first-order valence-electron chi connectivity index (χ1n) is 8.48. The minimum atomic E-state index is 0.465. The molecule has 1 aliphatic carbocycles. The molecule has 21 heavy (non-hydrogen) atoms. The summed E-state index contributed by atoms with van der Waals surface area (Å²) >= 11 is 2.38. The molecule has 0 spiro atoms. The highest BCUT2D eigenvalue weighted by Crippen LogP contribution is 2.33. The van der Waals surface area contributed by atoms with Crippen molar-refractivity contribution < 1.29 is 0 Å². The fraction of sp³-hybridized carbons (Fsp3) is 0.667. The van der Waals surface area contributed by atoms with Gasteiger partial charge < -0.3 is 10.6 Å². The summed E-state index contributed by atoms with van der Waals surface area (Å²) in [6, 6.07) is 9.45. The summed E-state index contributed by atoms with van der Waals surface area (Å²) in [7, 11) is 0. The van der Waals surface area contributed by atoms with Crippen LogP contribution >= 0.6 is 22.6 Å². The molecule has 1 saturated carbocycles. The number of nitrogens with zero attached hydrogens (tertiary/aromatic N) is 1. The summed E-state index contributed by atoms with van der Waals surface area (Å²) in [6.07, 6.45) is 9.42. The first-order valence-corrected chi connectivity index (χ1v) is 9.56. The van der Waals surface area contributed by atoms with Gasteiger partial charge in [0, 0.05) is 28.4 Å². The molecule has 3 rings (SSSR count). The van der Waals surface area contributed by atoms with Crippen LogP contribution in [-0.4, -0.2) is 19.1 Å². The largest absolute Gasteiger partial charge is 0.371 e. The highest BCUT2D eigenvalue weighted by Gasteiger charge is 2.27. The van der Waals surface area contributed by atoms with Crippen LogP contribution in [0.2, 0.25) is 0 Å². The van der Waals surface area contributed by atoms with Crippen molar-refractivity contribution in [2.24, 2.45) is 17.6 Å². The predicted octanol–water partition coefficient (Wildman–Crippen LogP) is 4.42. The van der Waals surface area contributed by atoms with Crippen molar-refractivity contribution in [3.05, 3.63) is 27.8 Å². The van der Waals surface area contributed by atoms with Gasteiger partial charge >= 0.3 is 0 Å². The molecule has 0 radical (unpaired) electrons. The second-order valence-electron chi connectivity index (χ2n) is 6.87. The minimum Gasteiger partial charge on any atom is -0.371 e. The van der Waals surface area contributed by atoms with Gasteiger partial charge in [0.1, 0.15) is 0 Å². The summed E-state index contributed by atoms with van der Waals surface area (Å²) in [5.41, 5.74) is 7.74. The normalized spacial score (nSPS) is 30.4. The number of hydrogen-bond donors (Lipinski definition) is 1. The van der Waals surface area contributed by atoms with Gasteiger partial charge in [-0.25, -0.2) is 0 Å². The van der Waals surface area contributed by atoms with E-state index in [0.29, 0.717) is 6.04 Å². The van der Waals surface area contributed by atoms with Crippen molar-refractivity contribution in [1.82, 2.24) is 0 Å². The van der Waals surface area contributed by atoms with E-state index in [2.05, 4.69) is 51.8 Å². The minimum absolute atomic E-state index is 0.465. The zero-order chi connectivity index (χ0) is 14.7. The molecular weight excluding hydrogens is 371 g/mol. The monoisotopic (exact) mass is 398 g/mol. The zero-order valence-electron chi connectivity index (χ0n) is 12.8. The van der Waals surface area contributed by atoms with Gasteiger partial charge in [0.2, 0.25) is 0 Å². The topological polar surface area (TPSA) is 29.3 Å². The second kappa shape index (κ2) is 7.32. The molecule has 2 N–H and O–H groups in total. The lowest BCUT2D eigenvalue weighted by Crippen LogP contribution is -2.39. The first-order chi connectivity index (χ1) is 10.2. The van der Waals surface area contributed by atoms with Crippen LogP contribution in [0.15, 0.2) is 24.3 Å². The van der Waals surface area contributed by atoms with Gasteiger partial charge in [0.15, 0.2) is 0 Å². The van der Waals surface area contributed by atoms with Crippen LogP contribution in [0.5, 0.6) is 0 Å². The van der Waals surface area contributed by atoms with E-state index in [1.165, 1.54) is 67.3 Å². The van der Waals surface area contributed by atoms with Crippen LogP contribution in [0.4, 0.5) is 5.69 Å². The molecule has 0 aromatic heterocycles. The van der Waals surface area contributed by atoms with Gasteiger partial charge in [-0.15, -0.1) is 0 Å². The molecular formula is C18H27IN2. The van der Waals surface area contributed by atoms with Crippen molar-refractivity contribution in [1.29, 1.82) is 0 Å². The fourth-order valence-electron chi connectivity index (χ4n) is 4.10. The van der Waals surface area contributed by atoms with Gasteiger partial charge in [-0.3, -0.25) is 0 Å². The first kappa shape index (κ1) is 15.6. The molecule has 0 bridgehead atoms. The Kier molecular flexibility index (Phi) is 5.43. The maximum absolute atomic E-state index is 6.34. The number of halogens is 1. The standard InChI is InChI=1S/C18H27IN2/c19-16-7-9-17(10-8-16)21-11-3-4-14(13-21)12-15-5-1-2-6-18(15)20/h7-10,14-15,18H,1-6,11-13,20H2/t14-,15+,18-/m1/s1. The van der Waals surface area contributed by atoms with E-state index in [1.807, 2.05) is 0 Å². The zero-order valence-corrected chi connectivity index (χ0v) is 15.0. The molecule has 116 valence electrons. The Labute approximate surface area is 142 Å².